The smallest absolute Gasteiger partial charge is 0.265 e. The van der Waals surface area contributed by atoms with Crippen molar-refractivity contribution in [2.45, 2.75) is 12.5 Å². The molecule has 1 aliphatic heterocycles. The van der Waals surface area contributed by atoms with Gasteiger partial charge in [0.25, 0.3) is 5.91 Å². The minimum Gasteiger partial charge on any atom is -0.473 e. The van der Waals surface area contributed by atoms with Gasteiger partial charge in [0.15, 0.2) is 0 Å². The van der Waals surface area contributed by atoms with Crippen LogP contribution in [0.2, 0.25) is 0 Å². The number of amides is 1. The summed E-state index contributed by atoms with van der Waals surface area (Å²) >= 11 is 0. The average molecular weight is 189 g/mol. The third-order valence-corrected chi connectivity index (χ3v) is 2.31. The summed E-state index contributed by atoms with van der Waals surface area (Å²) in [6, 6.07) is 7.52. The van der Waals surface area contributed by atoms with Crippen LogP contribution in [0.3, 0.4) is 0 Å². The van der Waals surface area contributed by atoms with Gasteiger partial charge in [-0.05, 0) is 19.1 Å². The number of hydrogen-bond acceptors (Lipinski definition) is 2. The number of nitrogens with two attached hydrogens (primary N) is 1. The van der Waals surface area contributed by atoms with Crippen LogP contribution in [0.4, 0.5) is 0 Å². The van der Waals surface area contributed by atoms with Crippen molar-refractivity contribution < 1.29 is 9.53 Å². The van der Waals surface area contributed by atoms with Crippen molar-refractivity contribution in [3.05, 3.63) is 35.9 Å². The molecule has 72 valence electrons. The summed E-state index contributed by atoms with van der Waals surface area (Å²) in [6.45, 7) is 1.65. The molecule has 1 amide bonds. The van der Waals surface area contributed by atoms with E-state index in [1.807, 2.05) is 30.3 Å². The Morgan fingerprint density at radius 2 is 2.14 bits per heavy atom. The summed E-state index contributed by atoms with van der Waals surface area (Å²) in [7, 11) is 0. The van der Waals surface area contributed by atoms with Crippen molar-refractivity contribution in [1.29, 1.82) is 0 Å². The summed E-state index contributed by atoms with van der Waals surface area (Å²) < 4.78 is 5.52. The van der Waals surface area contributed by atoms with Crippen molar-refractivity contribution in [2.24, 2.45) is 5.73 Å². The first-order chi connectivity index (χ1) is 6.62. The molecule has 3 nitrogen and oxygen atoms in total. The monoisotopic (exact) mass is 189 g/mol. The van der Waals surface area contributed by atoms with E-state index in [2.05, 4.69) is 0 Å². The molecule has 0 fully saturated rings. The molecule has 0 saturated heterocycles. The van der Waals surface area contributed by atoms with Gasteiger partial charge in [-0.2, -0.15) is 0 Å². The largest absolute Gasteiger partial charge is 0.473 e. The Kier molecular flexibility index (Phi) is 1.81. The van der Waals surface area contributed by atoms with E-state index in [4.69, 9.17) is 10.5 Å². The number of ether oxygens (including phenoxy) is 1. The molecule has 3 heteroatoms. The maximum Gasteiger partial charge on any atom is 0.265 e. The van der Waals surface area contributed by atoms with E-state index in [1.165, 1.54) is 0 Å². The second kappa shape index (κ2) is 2.87. The van der Waals surface area contributed by atoms with E-state index in [0.29, 0.717) is 5.75 Å². The number of carbonyl (C=O) groups is 1. The third-order valence-electron chi connectivity index (χ3n) is 2.31. The molecular weight excluding hydrogens is 178 g/mol. The van der Waals surface area contributed by atoms with Crippen LogP contribution < -0.4 is 10.5 Å². The Morgan fingerprint density at radius 3 is 2.86 bits per heavy atom. The molecule has 14 heavy (non-hydrogen) atoms. The van der Waals surface area contributed by atoms with Gasteiger partial charge in [0.1, 0.15) is 5.75 Å². The van der Waals surface area contributed by atoms with E-state index in [1.54, 1.807) is 13.0 Å². The van der Waals surface area contributed by atoms with Crippen LogP contribution in [0.25, 0.3) is 6.08 Å². The first-order valence-corrected chi connectivity index (χ1v) is 4.39. The second-order valence-electron chi connectivity index (χ2n) is 3.44. The molecule has 2 N–H and O–H groups in total. The molecule has 1 heterocycles. The molecule has 0 bridgehead atoms. The lowest BCUT2D eigenvalue weighted by molar-refractivity contribution is -0.128. The van der Waals surface area contributed by atoms with Crippen LogP contribution in [0, 0.1) is 0 Å². The molecule has 1 unspecified atom stereocenters. The fourth-order valence-electron chi connectivity index (χ4n) is 1.35. The quantitative estimate of drug-likeness (QED) is 0.724. The van der Waals surface area contributed by atoms with Crippen LogP contribution in [0.5, 0.6) is 5.75 Å². The Labute approximate surface area is 82.2 Å². The van der Waals surface area contributed by atoms with Gasteiger partial charge in [0, 0.05) is 5.56 Å². The van der Waals surface area contributed by atoms with Crippen molar-refractivity contribution >= 4 is 12.0 Å². The topological polar surface area (TPSA) is 52.3 Å². The summed E-state index contributed by atoms with van der Waals surface area (Å²) in [6.07, 6.45) is 3.53. The van der Waals surface area contributed by atoms with Gasteiger partial charge >= 0.3 is 0 Å². The molecule has 0 spiro atoms. The highest BCUT2D eigenvalue weighted by atomic mass is 16.5. The molecule has 0 radical (unpaired) electrons. The predicted octanol–water partition coefficient (Wildman–Crippen LogP) is 1.34. The molecule has 2 rings (SSSR count). The standard InChI is InChI=1S/C11H11NO2/c1-11(10(12)13)7-6-8-4-2-3-5-9(8)14-11/h2-7H,1H3,(H2,12,13). The molecule has 0 aliphatic carbocycles. The van der Waals surface area contributed by atoms with Gasteiger partial charge in [0.2, 0.25) is 5.60 Å². The van der Waals surface area contributed by atoms with Crippen molar-refractivity contribution in [2.75, 3.05) is 0 Å². The number of rotatable bonds is 1. The molecule has 0 saturated carbocycles. The van der Waals surface area contributed by atoms with Crippen LogP contribution >= 0.6 is 0 Å². The SMILES string of the molecule is CC1(C(N)=O)C=Cc2ccccc2O1. The van der Waals surface area contributed by atoms with E-state index < -0.39 is 11.5 Å². The van der Waals surface area contributed by atoms with E-state index in [9.17, 15) is 4.79 Å². The number of benzene rings is 1. The fraction of sp³-hybridized carbons (Fsp3) is 0.182. The van der Waals surface area contributed by atoms with Crippen molar-refractivity contribution in [3.8, 4) is 5.75 Å². The minimum absolute atomic E-state index is 0.483. The highest BCUT2D eigenvalue weighted by molar-refractivity contribution is 5.88. The van der Waals surface area contributed by atoms with Gasteiger partial charge in [-0.3, -0.25) is 4.79 Å². The zero-order valence-corrected chi connectivity index (χ0v) is 7.86. The molecule has 1 aliphatic rings. The van der Waals surface area contributed by atoms with Gasteiger partial charge in [-0.25, -0.2) is 0 Å². The van der Waals surface area contributed by atoms with Crippen LogP contribution in [0.15, 0.2) is 30.3 Å². The normalized spacial score (nSPS) is 23.8. The summed E-state index contributed by atoms with van der Waals surface area (Å²) in [5, 5.41) is 0. The maximum atomic E-state index is 11.1. The number of primary amides is 1. The number of carbonyl (C=O) groups excluding carboxylic acids is 1. The second-order valence-corrected chi connectivity index (χ2v) is 3.44. The minimum atomic E-state index is -1.02. The average Bonchev–Trinajstić information content (AvgIpc) is 2.17. The zero-order chi connectivity index (χ0) is 10.2. The van der Waals surface area contributed by atoms with Gasteiger partial charge < -0.3 is 10.5 Å². The molecular formula is C11H11NO2. The lowest BCUT2D eigenvalue weighted by Crippen LogP contribution is -2.45. The maximum absolute atomic E-state index is 11.1. The number of para-hydroxylation sites is 1. The van der Waals surface area contributed by atoms with Crippen LogP contribution in [0.1, 0.15) is 12.5 Å². The van der Waals surface area contributed by atoms with Crippen molar-refractivity contribution in [1.82, 2.24) is 0 Å². The molecule has 0 aromatic heterocycles. The van der Waals surface area contributed by atoms with Gasteiger partial charge in [-0.15, -0.1) is 0 Å². The molecule has 1 aromatic carbocycles. The third kappa shape index (κ3) is 1.27. The Hall–Kier alpha value is -1.77. The highest BCUT2D eigenvalue weighted by Crippen LogP contribution is 2.30. The van der Waals surface area contributed by atoms with Gasteiger partial charge in [0.05, 0.1) is 0 Å². The lowest BCUT2D eigenvalue weighted by Gasteiger charge is -2.28. The first kappa shape index (κ1) is 8.81. The fourth-order valence-corrected chi connectivity index (χ4v) is 1.35. The van der Waals surface area contributed by atoms with Crippen LogP contribution in [-0.2, 0) is 4.79 Å². The Balaban J connectivity index is 2.43. The highest BCUT2D eigenvalue weighted by Gasteiger charge is 2.33. The lowest BCUT2D eigenvalue weighted by atomic mass is 10.00. The van der Waals surface area contributed by atoms with E-state index in [-0.39, 0.29) is 0 Å². The van der Waals surface area contributed by atoms with Gasteiger partial charge in [-0.1, -0.05) is 24.3 Å². The molecule has 1 aromatic rings. The first-order valence-electron chi connectivity index (χ1n) is 4.39. The number of hydrogen-bond donors (Lipinski definition) is 1. The summed E-state index contributed by atoms with van der Waals surface area (Å²) in [4.78, 5) is 11.1. The predicted molar refractivity (Wildman–Crippen MR) is 53.7 cm³/mol. The summed E-state index contributed by atoms with van der Waals surface area (Å²) in [5.41, 5.74) is 5.19. The Morgan fingerprint density at radius 1 is 1.43 bits per heavy atom. The van der Waals surface area contributed by atoms with Crippen molar-refractivity contribution in [3.63, 3.8) is 0 Å². The van der Waals surface area contributed by atoms with Crippen LogP contribution in [-0.4, -0.2) is 11.5 Å². The Bertz CT molecular complexity index is 412. The van der Waals surface area contributed by atoms with E-state index in [0.717, 1.165) is 5.56 Å². The van der Waals surface area contributed by atoms with E-state index >= 15 is 0 Å². The zero-order valence-electron chi connectivity index (χ0n) is 7.86. The number of fused-ring (bicyclic) bond motifs is 1. The molecule has 1 atom stereocenters. The summed E-state index contributed by atoms with van der Waals surface area (Å²) in [5.74, 6) is 0.208.